The molecule has 2 aromatic rings. The molecule has 0 spiro atoms. The Balaban J connectivity index is 1.89. The molecular formula is C23H24Cl3NO2. The van der Waals surface area contributed by atoms with Gasteiger partial charge < -0.3 is 10.0 Å². The van der Waals surface area contributed by atoms with E-state index in [2.05, 4.69) is 6.92 Å². The van der Waals surface area contributed by atoms with Crippen LogP contribution in [0.25, 0.3) is 0 Å². The zero-order valence-electron chi connectivity index (χ0n) is 16.4. The molecule has 4 rings (SSSR count). The van der Waals surface area contributed by atoms with Gasteiger partial charge in [-0.05, 0) is 67.0 Å². The van der Waals surface area contributed by atoms with Crippen molar-refractivity contribution in [1.82, 2.24) is 4.90 Å². The monoisotopic (exact) mass is 451 g/mol. The topological polar surface area (TPSA) is 40.5 Å². The van der Waals surface area contributed by atoms with E-state index in [1.54, 1.807) is 11.0 Å². The maximum Gasteiger partial charge on any atom is 0.231 e. The van der Waals surface area contributed by atoms with Crippen LogP contribution in [0.15, 0.2) is 42.5 Å². The third-order valence-corrected chi connectivity index (χ3v) is 7.95. The Labute approximate surface area is 186 Å². The van der Waals surface area contributed by atoms with E-state index in [0.29, 0.717) is 21.5 Å². The Morgan fingerprint density at radius 3 is 2.38 bits per heavy atom. The number of rotatable bonds is 3. The molecule has 29 heavy (non-hydrogen) atoms. The van der Waals surface area contributed by atoms with Crippen molar-refractivity contribution < 1.29 is 9.90 Å². The molecule has 1 heterocycles. The third-order valence-electron chi connectivity index (χ3n) is 7.14. The second kappa shape index (κ2) is 7.77. The van der Waals surface area contributed by atoms with E-state index in [-0.39, 0.29) is 36.3 Å². The standard InChI is InChI=1S/C23H24Cl3NO2/c1-13-21-20(14-3-5-15(24)6-4-14)18(17-8-7-16(25)11-19(17)26)9-10-23(21,12-28)22(29)27(13)2/h3-8,11,13,18,20-21,28H,9-10,12H2,1-2H3/t13-,18+,20+,21+,23+/m1/s1. The summed E-state index contributed by atoms with van der Waals surface area (Å²) in [5.74, 6) is 0.150. The lowest BCUT2D eigenvalue weighted by Crippen LogP contribution is -2.46. The fourth-order valence-corrected chi connectivity index (χ4v) is 6.34. The average Bonchev–Trinajstić information content (AvgIpc) is 2.90. The molecule has 1 aliphatic carbocycles. The fraction of sp³-hybridized carbons (Fsp3) is 0.435. The van der Waals surface area contributed by atoms with E-state index < -0.39 is 5.41 Å². The molecule has 1 saturated carbocycles. The molecule has 0 bridgehead atoms. The molecule has 1 saturated heterocycles. The Hall–Kier alpha value is -1.26. The molecule has 1 amide bonds. The zero-order valence-corrected chi connectivity index (χ0v) is 18.7. The van der Waals surface area contributed by atoms with Gasteiger partial charge in [0, 0.05) is 34.1 Å². The molecule has 0 aromatic heterocycles. The van der Waals surface area contributed by atoms with E-state index in [1.807, 2.05) is 43.4 Å². The third kappa shape index (κ3) is 3.27. The summed E-state index contributed by atoms with van der Waals surface area (Å²) in [6.07, 6.45) is 1.40. The number of hydrogen-bond acceptors (Lipinski definition) is 2. The van der Waals surface area contributed by atoms with Gasteiger partial charge >= 0.3 is 0 Å². The second-order valence-electron chi connectivity index (χ2n) is 8.39. The predicted molar refractivity (Wildman–Crippen MR) is 118 cm³/mol. The van der Waals surface area contributed by atoms with Crippen molar-refractivity contribution in [2.24, 2.45) is 11.3 Å². The Kier molecular flexibility index (Phi) is 5.63. The number of nitrogens with zero attached hydrogens (tertiary/aromatic N) is 1. The summed E-state index contributed by atoms with van der Waals surface area (Å²) >= 11 is 18.9. The number of hydrogen-bond donors (Lipinski definition) is 1. The predicted octanol–water partition coefficient (Wildman–Crippen LogP) is 5.76. The van der Waals surface area contributed by atoms with Gasteiger partial charge in [0.2, 0.25) is 5.91 Å². The van der Waals surface area contributed by atoms with E-state index in [9.17, 15) is 9.90 Å². The fourth-order valence-electron chi connectivity index (χ4n) is 5.67. The van der Waals surface area contributed by atoms with E-state index in [0.717, 1.165) is 17.5 Å². The van der Waals surface area contributed by atoms with Crippen molar-refractivity contribution in [2.75, 3.05) is 13.7 Å². The van der Waals surface area contributed by atoms with Crippen LogP contribution in [-0.4, -0.2) is 35.6 Å². The highest BCUT2D eigenvalue weighted by Gasteiger charge is 2.62. The number of carbonyl (C=O) groups is 1. The van der Waals surface area contributed by atoms with Crippen molar-refractivity contribution in [1.29, 1.82) is 0 Å². The number of aliphatic hydroxyl groups excluding tert-OH is 1. The van der Waals surface area contributed by atoms with Crippen LogP contribution in [0.5, 0.6) is 0 Å². The Bertz CT molecular complexity index is 932. The van der Waals surface area contributed by atoms with E-state index in [4.69, 9.17) is 34.8 Å². The first-order valence-corrected chi connectivity index (χ1v) is 11.0. The summed E-state index contributed by atoms with van der Waals surface area (Å²) in [7, 11) is 1.84. The van der Waals surface area contributed by atoms with Crippen LogP contribution in [0.2, 0.25) is 15.1 Å². The lowest BCUT2D eigenvalue weighted by atomic mass is 9.55. The number of carbonyl (C=O) groups excluding carboxylic acids is 1. The van der Waals surface area contributed by atoms with Crippen molar-refractivity contribution >= 4 is 40.7 Å². The van der Waals surface area contributed by atoms with Gasteiger partial charge in [-0.25, -0.2) is 0 Å². The highest BCUT2D eigenvalue weighted by molar-refractivity contribution is 6.35. The number of likely N-dealkylation sites (tertiary alicyclic amines) is 1. The molecular weight excluding hydrogens is 429 g/mol. The minimum absolute atomic E-state index is 0.00389. The number of halogens is 3. The molecule has 6 heteroatoms. The van der Waals surface area contributed by atoms with Crippen LogP contribution in [0.1, 0.15) is 42.7 Å². The van der Waals surface area contributed by atoms with Crippen LogP contribution in [0.4, 0.5) is 0 Å². The van der Waals surface area contributed by atoms with Crippen LogP contribution in [0.3, 0.4) is 0 Å². The van der Waals surface area contributed by atoms with Crippen LogP contribution < -0.4 is 0 Å². The first kappa shape index (κ1) is 21.0. The lowest BCUT2D eigenvalue weighted by Gasteiger charge is -2.47. The summed E-state index contributed by atoms with van der Waals surface area (Å²) in [4.78, 5) is 15.0. The van der Waals surface area contributed by atoms with Gasteiger partial charge in [0.25, 0.3) is 0 Å². The largest absolute Gasteiger partial charge is 0.395 e. The summed E-state index contributed by atoms with van der Waals surface area (Å²) in [6, 6.07) is 13.5. The molecule has 5 atom stereocenters. The molecule has 0 radical (unpaired) electrons. The smallest absolute Gasteiger partial charge is 0.231 e. The Morgan fingerprint density at radius 2 is 1.76 bits per heavy atom. The summed E-state index contributed by atoms with van der Waals surface area (Å²) in [6.45, 7) is 1.94. The minimum Gasteiger partial charge on any atom is -0.395 e. The quantitative estimate of drug-likeness (QED) is 0.643. The molecule has 2 aromatic carbocycles. The molecule has 2 fully saturated rings. The van der Waals surface area contributed by atoms with Gasteiger partial charge in [-0.1, -0.05) is 53.0 Å². The maximum atomic E-state index is 13.2. The minimum atomic E-state index is -0.756. The first-order valence-electron chi connectivity index (χ1n) is 9.88. The van der Waals surface area contributed by atoms with Crippen molar-refractivity contribution in [2.45, 2.75) is 37.6 Å². The van der Waals surface area contributed by atoms with Gasteiger partial charge in [0.1, 0.15) is 0 Å². The molecule has 2 aliphatic rings. The Morgan fingerprint density at radius 1 is 1.10 bits per heavy atom. The SMILES string of the molecule is C[C@@H]1[C@H]2[C@@H](c3ccc(Cl)cc3)[C@H](c3ccc(Cl)cc3Cl)CC[C@@]2(CO)C(=O)N1C. The van der Waals surface area contributed by atoms with Crippen LogP contribution >= 0.6 is 34.8 Å². The molecule has 3 nitrogen and oxygen atoms in total. The highest BCUT2D eigenvalue weighted by Crippen LogP contribution is 2.60. The van der Waals surface area contributed by atoms with E-state index >= 15 is 0 Å². The van der Waals surface area contributed by atoms with Crippen LogP contribution in [0, 0.1) is 11.3 Å². The van der Waals surface area contributed by atoms with Crippen molar-refractivity contribution in [3.63, 3.8) is 0 Å². The van der Waals surface area contributed by atoms with Gasteiger partial charge in [0.15, 0.2) is 0 Å². The number of benzene rings is 2. The van der Waals surface area contributed by atoms with Gasteiger partial charge in [-0.15, -0.1) is 0 Å². The maximum absolute atomic E-state index is 13.2. The lowest BCUT2D eigenvalue weighted by molar-refractivity contribution is -0.140. The average molecular weight is 453 g/mol. The molecule has 0 unspecified atom stereocenters. The first-order chi connectivity index (χ1) is 13.8. The molecule has 1 N–H and O–H groups in total. The van der Waals surface area contributed by atoms with Gasteiger partial charge in [-0.2, -0.15) is 0 Å². The molecule has 154 valence electrons. The van der Waals surface area contributed by atoms with Crippen molar-refractivity contribution in [3.8, 4) is 0 Å². The molecule has 1 aliphatic heterocycles. The summed E-state index contributed by atoms with van der Waals surface area (Å²) in [5, 5.41) is 12.3. The normalized spacial score (nSPS) is 31.8. The number of amides is 1. The second-order valence-corrected chi connectivity index (χ2v) is 9.67. The summed E-state index contributed by atoms with van der Waals surface area (Å²) < 4.78 is 0. The number of aliphatic hydroxyl groups is 1. The number of fused-ring (bicyclic) bond motifs is 1. The van der Waals surface area contributed by atoms with Crippen LogP contribution in [-0.2, 0) is 4.79 Å². The summed E-state index contributed by atoms with van der Waals surface area (Å²) in [5.41, 5.74) is 1.40. The van der Waals surface area contributed by atoms with Crippen molar-refractivity contribution in [3.05, 3.63) is 68.7 Å². The highest BCUT2D eigenvalue weighted by atomic mass is 35.5. The zero-order chi connectivity index (χ0) is 20.9. The van der Waals surface area contributed by atoms with Gasteiger partial charge in [0.05, 0.1) is 12.0 Å². The van der Waals surface area contributed by atoms with Gasteiger partial charge in [-0.3, -0.25) is 4.79 Å². The van der Waals surface area contributed by atoms with E-state index in [1.165, 1.54) is 0 Å².